The third-order valence-corrected chi connectivity index (χ3v) is 2.49. The van der Waals surface area contributed by atoms with Crippen LogP contribution in [0.5, 0.6) is 0 Å². The van der Waals surface area contributed by atoms with Crippen LogP contribution in [-0.4, -0.2) is 18.5 Å². The average Bonchev–Trinajstić information content (AvgIpc) is 2.39. The van der Waals surface area contributed by atoms with E-state index in [0.717, 1.165) is 5.56 Å². The maximum atomic E-state index is 11.9. The van der Waals surface area contributed by atoms with Crippen molar-refractivity contribution in [2.45, 2.75) is 26.9 Å². The van der Waals surface area contributed by atoms with E-state index >= 15 is 0 Å². The smallest absolute Gasteiger partial charge is 0.337 e. The van der Waals surface area contributed by atoms with E-state index in [9.17, 15) is 9.59 Å². The van der Waals surface area contributed by atoms with Crippen LogP contribution in [0.4, 0.5) is 0 Å². The second-order valence-electron chi connectivity index (χ2n) is 3.86. The zero-order valence-corrected chi connectivity index (χ0v) is 11.4. The van der Waals surface area contributed by atoms with E-state index in [2.05, 4.69) is 0 Å². The van der Waals surface area contributed by atoms with Gasteiger partial charge < -0.3 is 9.47 Å². The second-order valence-corrected chi connectivity index (χ2v) is 3.86. The topological polar surface area (TPSA) is 52.6 Å². The van der Waals surface area contributed by atoms with Gasteiger partial charge in [-0.1, -0.05) is 36.4 Å². The molecule has 0 fully saturated rings. The molecule has 0 radical (unpaired) electrons. The number of carbonyl (C=O) groups is 2. The van der Waals surface area contributed by atoms with Gasteiger partial charge in [0.05, 0.1) is 12.2 Å². The molecule has 0 aliphatic rings. The molecule has 1 aromatic rings. The van der Waals surface area contributed by atoms with E-state index < -0.39 is 18.0 Å². The van der Waals surface area contributed by atoms with Crippen LogP contribution in [0.2, 0.25) is 0 Å². The van der Waals surface area contributed by atoms with Gasteiger partial charge in [-0.3, -0.25) is 4.79 Å². The Bertz CT molecular complexity index is 462. The lowest BCUT2D eigenvalue weighted by Crippen LogP contribution is -2.19. The first-order valence-electron chi connectivity index (χ1n) is 6.15. The third kappa shape index (κ3) is 4.25. The van der Waals surface area contributed by atoms with E-state index in [1.54, 1.807) is 32.1 Å². The molecule has 0 N–H and O–H groups in total. The number of esters is 2. The molecule has 1 aromatic carbocycles. The molecule has 0 saturated heterocycles. The number of allylic oxidation sites excluding steroid dienone is 1. The van der Waals surface area contributed by atoms with Gasteiger partial charge in [0, 0.05) is 6.92 Å². The number of hydrogen-bond donors (Lipinski definition) is 0. The largest absolute Gasteiger partial charge is 0.463 e. The maximum absolute atomic E-state index is 11.9. The third-order valence-electron chi connectivity index (χ3n) is 2.49. The van der Waals surface area contributed by atoms with Gasteiger partial charge in [-0.15, -0.1) is 0 Å². The number of ether oxygens (including phenoxy) is 2. The second kappa shape index (κ2) is 7.36. The Labute approximate surface area is 113 Å². The zero-order valence-electron chi connectivity index (χ0n) is 11.4. The minimum Gasteiger partial charge on any atom is -0.463 e. The number of rotatable bonds is 5. The van der Waals surface area contributed by atoms with Crippen LogP contribution in [0, 0.1) is 0 Å². The normalized spacial score (nSPS) is 12.7. The highest BCUT2D eigenvalue weighted by Gasteiger charge is 2.25. The monoisotopic (exact) mass is 262 g/mol. The van der Waals surface area contributed by atoms with Gasteiger partial charge in [-0.2, -0.15) is 0 Å². The molecule has 1 unspecified atom stereocenters. The fourth-order valence-corrected chi connectivity index (χ4v) is 1.70. The van der Waals surface area contributed by atoms with Crippen molar-refractivity contribution >= 4 is 11.9 Å². The lowest BCUT2D eigenvalue weighted by Gasteiger charge is -2.19. The molecule has 0 aliphatic carbocycles. The summed E-state index contributed by atoms with van der Waals surface area (Å²) in [7, 11) is 0. The summed E-state index contributed by atoms with van der Waals surface area (Å²) < 4.78 is 10.2. The minimum atomic E-state index is -0.734. The lowest BCUT2D eigenvalue weighted by atomic mass is 10.0. The molecule has 0 heterocycles. The molecule has 0 spiro atoms. The Morgan fingerprint density at radius 3 is 2.37 bits per heavy atom. The van der Waals surface area contributed by atoms with Crippen LogP contribution in [0.1, 0.15) is 32.4 Å². The number of hydrogen-bond acceptors (Lipinski definition) is 4. The highest BCUT2D eigenvalue weighted by molar-refractivity contribution is 5.90. The highest BCUT2D eigenvalue weighted by Crippen LogP contribution is 2.27. The molecule has 4 nitrogen and oxygen atoms in total. The molecule has 102 valence electrons. The van der Waals surface area contributed by atoms with Gasteiger partial charge in [0.1, 0.15) is 0 Å². The molecule has 0 aliphatic heterocycles. The summed E-state index contributed by atoms with van der Waals surface area (Å²) in [4.78, 5) is 23.1. The van der Waals surface area contributed by atoms with Crippen LogP contribution in [0.25, 0.3) is 0 Å². The zero-order chi connectivity index (χ0) is 14.3. The summed E-state index contributed by atoms with van der Waals surface area (Å²) in [6, 6.07) is 9.11. The molecular weight excluding hydrogens is 244 g/mol. The van der Waals surface area contributed by atoms with Crippen LogP contribution in [0.15, 0.2) is 42.0 Å². The maximum Gasteiger partial charge on any atom is 0.337 e. The van der Waals surface area contributed by atoms with Gasteiger partial charge in [0.2, 0.25) is 0 Å². The van der Waals surface area contributed by atoms with E-state index in [4.69, 9.17) is 9.47 Å². The highest BCUT2D eigenvalue weighted by atomic mass is 16.6. The summed E-state index contributed by atoms with van der Waals surface area (Å²) in [5, 5.41) is 0. The molecule has 0 saturated carbocycles. The first-order chi connectivity index (χ1) is 9.10. The molecule has 0 amide bonds. The van der Waals surface area contributed by atoms with E-state index in [1.165, 1.54) is 6.92 Å². The summed E-state index contributed by atoms with van der Waals surface area (Å²) in [5.74, 6) is -0.919. The summed E-state index contributed by atoms with van der Waals surface area (Å²) in [6.45, 7) is 5.03. The molecule has 1 atom stereocenters. The van der Waals surface area contributed by atoms with Crippen LogP contribution in [-0.2, 0) is 19.1 Å². The fraction of sp³-hybridized carbons (Fsp3) is 0.333. The molecule has 0 aromatic heterocycles. The summed E-state index contributed by atoms with van der Waals surface area (Å²) in [5.41, 5.74) is 1.06. The van der Waals surface area contributed by atoms with Crippen molar-refractivity contribution in [1.82, 2.24) is 0 Å². The van der Waals surface area contributed by atoms with Crippen molar-refractivity contribution in [1.29, 1.82) is 0 Å². The van der Waals surface area contributed by atoms with E-state index in [1.807, 2.05) is 18.2 Å². The van der Waals surface area contributed by atoms with Crippen molar-refractivity contribution in [3.8, 4) is 0 Å². The Balaban J connectivity index is 3.09. The van der Waals surface area contributed by atoms with Gasteiger partial charge in [-0.25, -0.2) is 4.79 Å². The van der Waals surface area contributed by atoms with Crippen molar-refractivity contribution in [3.63, 3.8) is 0 Å². The van der Waals surface area contributed by atoms with Crippen LogP contribution in [0.3, 0.4) is 0 Å². The predicted octanol–water partition coefficient (Wildman–Crippen LogP) is 2.80. The first kappa shape index (κ1) is 15.0. The van der Waals surface area contributed by atoms with E-state index in [-0.39, 0.29) is 6.61 Å². The number of benzene rings is 1. The Hall–Kier alpha value is -2.10. The SMILES string of the molecule is C/C=C(\C(=O)OCC)C(OC(C)=O)c1ccccc1. The predicted molar refractivity (Wildman–Crippen MR) is 71.3 cm³/mol. The van der Waals surface area contributed by atoms with Crippen molar-refractivity contribution in [3.05, 3.63) is 47.5 Å². The van der Waals surface area contributed by atoms with Gasteiger partial charge >= 0.3 is 11.9 Å². The Morgan fingerprint density at radius 1 is 1.26 bits per heavy atom. The Kier molecular flexibility index (Phi) is 5.79. The van der Waals surface area contributed by atoms with Crippen molar-refractivity contribution < 1.29 is 19.1 Å². The standard InChI is InChI=1S/C15H18O4/c1-4-13(15(17)18-5-2)14(19-11(3)16)12-9-7-6-8-10-12/h4,6-10,14H,5H2,1-3H3/b13-4-. The van der Waals surface area contributed by atoms with Crippen LogP contribution < -0.4 is 0 Å². The van der Waals surface area contributed by atoms with Gasteiger partial charge in [0.25, 0.3) is 0 Å². The summed E-state index contributed by atoms with van der Waals surface area (Å²) >= 11 is 0. The average molecular weight is 262 g/mol. The fourth-order valence-electron chi connectivity index (χ4n) is 1.70. The molecule has 19 heavy (non-hydrogen) atoms. The van der Waals surface area contributed by atoms with Crippen molar-refractivity contribution in [2.75, 3.05) is 6.61 Å². The number of carbonyl (C=O) groups excluding carboxylic acids is 2. The molecule has 1 rings (SSSR count). The van der Waals surface area contributed by atoms with Gasteiger partial charge in [0.15, 0.2) is 6.10 Å². The lowest BCUT2D eigenvalue weighted by molar-refractivity contribution is -0.147. The molecule has 4 heteroatoms. The van der Waals surface area contributed by atoms with Gasteiger partial charge in [-0.05, 0) is 19.4 Å². The minimum absolute atomic E-state index is 0.276. The first-order valence-corrected chi connectivity index (χ1v) is 6.15. The Morgan fingerprint density at radius 2 is 1.89 bits per heavy atom. The van der Waals surface area contributed by atoms with E-state index in [0.29, 0.717) is 5.57 Å². The molecular formula is C15H18O4. The van der Waals surface area contributed by atoms with Crippen LogP contribution >= 0.6 is 0 Å². The quantitative estimate of drug-likeness (QED) is 0.605. The molecule has 0 bridgehead atoms. The van der Waals surface area contributed by atoms with Crippen molar-refractivity contribution in [2.24, 2.45) is 0 Å². The summed E-state index contributed by atoms with van der Waals surface area (Å²) in [6.07, 6.45) is 0.876.